The van der Waals surface area contributed by atoms with Crippen molar-refractivity contribution in [2.24, 2.45) is 5.92 Å². The van der Waals surface area contributed by atoms with Crippen LogP contribution < -0.4 is 10.6 Å². The van der Waals surface area contributed by atoms with E-state index in [2.05, 4.69) is 15.7 Å². The fourth-order valence-corrected chi connectivity index (χ4v) is 3.80. The SMILES string of the molecule is CCOC(=O)CC[C@H](NC(=O)[C@H](NC(=O)c1c(C)nn(-c2ccc(F)cc2)c1C)C(C)C)C(=O)OCC. The number of halogens is 1. The van der Waals surface area contributed by atoms with Crippen LogP contribution in [0, 0.1) is 25.6 Å². The van der Waals surface area contributed by atoms with Gasteiger partial charge in [-0.3, -0.25) is 14.4 Å². The molecule has 2 rings (SSSR count). The second kappa shape index (κ2) is 13.5. The molecule has 0 aliphatic heterocycles. The zero-order valence-corrected chi connectivity index (χ0v) is 22.1. The van der Waals surface area contributed by atoms with Crippen LogP contribution in [0.25, 0.3) is 5.69 Å². The Kier molecular flexibility index (Phi) is 10.8. The van der Waals surface area contributed by atoms with E-state index in [0.717, 1.165) is 0 Å². The van der Waals surface area contributed by atoms with E-state index in [1.165, 1.54) is 16.8 Å². The first kappa shape index (κ1) is 29.5. The van der Waals surface area contributed by atoms with Crippen LogP contribution in [-0.2, 0) is 23.9 Å². The molecule has 1 heterocycles. The van der Waals surface area contributed by atoms with Crippen molar-refractivity contribution in [3.8, 4) is 5.69 Å². The monoisotopic (exact) mass is 518 g/mol. The Morgan fingerprint density at radius 1 is 1.00 bits per heavy atom. The van der Waals surface area contributed by atoms with Crippen molar-refractivity contribution in [2.75, 3.05) is 13.2 Å². The average molecular weight is 519 g/mol. The van der Waals surface area contributed by atoms with Crippen molar-refractivity contribution < 1.29 is 33.0 Å². The van der Waals surface area contributed by atoms with E-state index in [1.54, 1.807) is 53.7 Å². The first-order chi connectivity index (χ1) is 17.5. The van der Waals surface area contributed by atoms with Crippen molar-refractivity contribution in [1.29, 1.82) is 0 Å². The van der Waals surface area contributed by atoms with Crippen LogP contribution >= 0.6 is 0 Å². The normalized spacial score (nSPS) is 12.5. The summed E-state index contributed by atoms with van der Waals surface area (Å²) < 4.78 is 24.8. The highest BCUT2D eigenvalue weighted by Gasteiger charge is 2.31. The first-order valence-corrected chi connectivity index (χ1v) is 12.3. The van der Waals surface area contributed by atoms with Crippen LogP contribution in [0.5, 0.6) is 0 Å². The zero-order valence-electron chi connectivity index (χ0n) is 22.1. The maximum Gasteiger partial charge on any atom is 0.328 e. The summed E-state index contributed by atoms with van der Waals surface area (Å²) in [6.07, 6.45) is -0.0951. The highest BCUT2D eigenvalue weighted by molar-refractivity contribution is 6.00. The topological polar surface area (TPSA) is 129 Å². The van der Waals surface area contributed by atoms with Crippen LogP contribution in [-0.4, -0.2) is 58.8 Å². The second-order valence-electron chi connectivity index (χ2n) is 8.79. The smallest absolute Gasteiger partial charge is 0.328 e. The largest absolute Gasteiger partial charge is 0.466 e. The van der Waals surface area contributed by atoms with E-state index in [-0.39, 0.29) is 37.5 Å². The Balaban J connectivity index is 2.22. The van der Waals surface area contributed by atoms with Crippen LogP contribution in [0.3, 0.4) is 0 Å². The number of benzene rings is 1. The van der Waals surface area contributed by atoms with Gasteiger partial charge in [0, 0.05) is 6.42 Å². The summed E-state index contributed by atoms with van der Waals surface area (Å²) >= 11 is 0. The standard InChI is InChI=1S/C26H35FN4O6/c1-7-36-21(32)14-13-20(26(35)37-8-2)28-25(34)23(15(3)4)29-24(33)22-16(5)30-31(17(22)6)19-11-9-18(27)10-12-19/h9-12,15,20,23H,7-8,13-14H2,1-6H3,(H,28,34)(H,29,33)/t20-,23+/m0/s1. The fraction of sp³-hybridized carbons (Fsp3) is 0.500. The molecule has 1 aromatic heterocycles. The lowest BCUT2D eigenvalue weighted by Crippen LogP contribution is -2.54. The number of carbonyl (C=O) groups excluding carboxylic acids is 4. The predicted molar refractivity (Wildman–Crippen MR) is 134 cm³/mol. The molecule has 10 nitrogen and oxygen atoms in total. The second-order valence-corrected chi connectivity index (χ2v) is 8.79. The van der Waals surface area contributed by atoms with Crippen LogP contribution in [0.4, 0.5) is 4.39 Å². The number of rotatable bonds is 12. The van der Waals surface area contributed by atoms with E-state index in [4.69, 9.17) is 9.47 Å². The lowest BCUT2D eigenvalue weighted by atomic mass is 10.0. The number of hydrogen-bond donors (Lipinski definition) is 2. The lowest BCUT2D eigenvalue weighted by Gasteiger charge is -2.25. The van der Waals surface area contributed by atoms with E-state index < -0.39 is 41.7 Å². The number of esters is 2. The fourth-order valence-electron chi connectivity index (χ4n) is 3.80. The number of aromatic nitrogens is 2. The number of nitrogens with zero attached hydrogens (tertiary/aromatic N) is 2. The molecule has 2 amide bonds. The molecule has 0 bridgehead atoms. The third-order valence-electron chi connectivity index (χ3n) is 5.66. The summed E-state index contributed by atoms with van der Waals surface area (Å²) in [6.45, 7) is 10.5. The third kappa shape index (κ3) is 7.86. The maximum atomic E-state index is 13.3. The summed E-state index contributed by atoms with van der Waals surface area (Å²) in [5.41, 5.74) is 1.81. The van der Waals surface area contributed by atoms with Crippen LogP contribution in [0.1, 0.15) is 62.3 Å². The molecule has 0 aliphatic rings. The summed E-state index contributed by atoms with van der Waals surface area (Å²) in [4.78, 5) is 50.6. The van der Waals surface area contributed by atoms with Gasteiger partial charge >= 0.3 is 11.9 Å². The maximum absolute atomic E-state index is 13.3. The molecule has 37 heavy (non-hydrogen) atoms. The lowest BCUT2D eigenvalue weighted by molar-refractivity contribution is -0.149. The summed E-state index contributed by atoms with van der Waals surface area (Å²) in [5, 5.41) is 9.76. The molecule has 0 unspecified atom stereocenters. The molecule has 0 fully saturated rings. The Labute approximate surface area is 215 Å². The van der Waals surface area contributed by atoms with Gasteiger partial charge in [-0.1, -0.05) is 13.8 Å². The Morgan fingerprint density at radius 2 is 1.62 bits per heavy atom. The third-order valence-corrected chi connectivity index (χ3v) is 5.66. The van der Waals surface area contributed by atoms with E-state index >= 15 is 0 Å². The van der Waals surface area contributed by atoms with Gasteiger partial charge in [-0.05, 0) is 64.3 Å². The minimum Gasteiger partial charge on any atom is -0.466 e. The van der Waals surface area contributed by atoms with Gasteiger partial charge < -0.3 is 20.1 Å². The molecule has 1 aromatic carbocycles. The van der Waals surface area contributed by atoms with Crippen LogP contribution in [0.15, 0.2) is 24.3 Å². The molecule has 0 aliphatic carbocycles. The predicted octanol–water partition coefficient (Wildman–Crippen LogP) is 2.77. The summed E-state index contributed by atoms with van der Waals surface area (Å²) in [5.74, 6) is -3.00. The van der Waals surface area contributed by atoms with Gasteiger partial charge in [0.05, 0.1) is 35.9 Å². The van der Waals surface area contributed by atoms with Gasteiger partial charge in [0.1, 0.15) is 17.9 Å². The van der Waals surface area contributed by atoms with E-state index in [1.807, 2.05) is 0 Å². The van der Waals surface area contributed by atoms with Crippen molar-refractivity contribution in [1.82, 2.24) is 20.4 Å². The molecule has 202 valence electrons. The Morgan fingerprint density at radius 3 is 2.19 bits per heavy atom. The van der Waals surface area contributed by atoms with Gasteiger partial charge in [-0.2, -0.15) is 5.10 Å². The molecule has 0 saturated heterocycles. The van der Waals surface area contributed by atoms with E-state index in [0.29, 0.717) is 17.1 Å². The molecule has 0 radical (unpaired) electrons. The molecule has 0 saturated carbocycles. The minimum absolute atomic E-state index is 0.00910. The molecule has 2 atom stereocenters. The van der Waals surface area contributed by atoms with Gasteiger partial charge in [-0.25, -0.2) is 13.9 Å². The number of ether oxygens (including phenoxy) is 2. The van der Waals surface area contributed by atoms with Crippen molar-refractivity contribution >= 4 is 23.8 Å². The number of carbonyl (C=O) groups is 4. The van der Waals surface area contributed by atoms with Crippen molar-refractivity contribution in [2.45, 2.75) is 66.5 Å². The molecular weight excluding hydrogens is 483 g/mol. The summed E-state index contributed by atoms with van der Waals surface area (Å²) in [7, 11) is 0. The number of aryl methyl sites for hydroxylation is 1. The number of hydrogen-bond acceptors (Lipinski definition) is 7. The van der Waals surface area contributed by atoms with Crippen molar-refractivity contribution in [3.05, 3.63) is 47.0 Å². The number of nitrogens with one attached hydrogen (secondary N) is 2. The minimum atomic E-state index is -1.08. The molecule has 2 aromatic rings. The molecular formula is C26H35FN4O6. The van der Waals surface area contributed by atoms with Gasteiger partial charge in [0.2, 0.25) is 5.91 Å². The highest BCUT2D eigenvalue weighted by Crippen LogP contribution is 2.19. The average Bonchev–Trinajstić information content (AvgIpc) is 3.14. The summed E-state index contributed by atoms with van der Waals surface area (Å²) in [6, 6.07) is 3.62. The molecule has 11 heteroatoms. The Hall–Kier alpha value is -3.76. The highest BCUT2D eigenvalue weighted by atomic mass is 19.1. The van der Waals surface area contributed by atoms with E-state index in [9.17, 15) is 23.6 Å². The molecule has 0 spiro atoms. The van der Waals surface area contributed by atoms with Gasteiger partial charge in [0.15, 0.2) is 0 Å². The van der Waals surface area contributed by atoms with Gasteiger partial charge in [0.25, 0.3) is 5.91 Å². The first-order valence-electron chi connectivity index (χ1n) is 12.3. The van der Waals surface area contributed by atoms with Gasteiger partial charge in [-0.15, -0.1) is 0 Å². The van der Waals surface area contributed by atoms with Crippen LogP contribution in [0.2, 0.25) is 0 Å². The number of amides is 2. The Bertz CT molecular complexity index is 1110. The zero-order chi connectivity index (χ0) is 27.7. The molecule has 2 N–H and O–H groups in total. The van der Waals surface area contributed by atoms with Crippen molar-refractivity contribution in [3.63, 3.8) is 0 Å². The quantitative estimate of drug-likeness (QED) is 0.414.